The summed E-state index contributed by atoms with van der Waals surface area (Å²) < 4.78 is 87.8. The topological polar surface area (TPSA) is 90.2 Å². The average Bonchev–Trinajstić information content (AvgIpc) is 3.27. The van der Waals surface area contributed by atoms with E-state index >= 15 is 0 Å². The molecule has 186 valence electrons. The molecule has 2 aromatic carbocycles. The number of hydrogen-bond acceptors (Lipinski definition) is 6. The Morgan fingerprint density at radius 3 is 2.50 bits per heavy atom. The molecule has 0 spiro atoms. The lowest BCUT2D eigenvalue weighted by molar-refractivity contribution is -0.275. The standard InChI is InChI=1S/C23H17F4N5O3S/c24-16-6-7-19(35-23(25,26)27)20(13-16)36(33,34)32-14-17-21(29-9-8-28-17)31-11-10-30-22(31)18(32)12-15-4-2-1-3-5-15/h1-11,13,18H,12,14H2/t18-/m1/s1. The summed E-state index contributed by atoms with van der Waals surface area (Å²) in [5, 5.41) is 0. The average molecular weight is 519 g/mol. The van der Waals surface area contributed by atoms with Crippen molar-refractivity contribution in [1.82, 2.24) is 23.8 Å². The summed E-state index contributed by atoms with van der Waals surface area (Å²) in [5.74, 6) is -1.49. The zero-order valence-corrected chi connectivity index (χ0v) is 19.1. The first-order chi connectivity index (χ1) is 17.1. The van der Waals surface area contributed by atoms with Gasteiger partial charge in [-0.15, -0.1) is 13.2 Å². The van der Waals surface area contributed by atoms with Gasteiger partial charge in [-0.1, -0.05) is 30.3 Å². The third-order valence-electron chi connectivity index (χ3n) is 5.59. The van der Waals surface area contributed by atoms with Gasteiger partial charge in [-0.05, 0) is 30.2 Å². The van der Waals surface area contributed by atoms with E-state index in [0.717, 1.165) is 9.87 Å². The van der Waals surface area contributed by atoms with Crippen molar-refractivity contribution in [3.05, 3.63) is 96.2 Å². The first-order valence-electron chi connectivity index (χ1n) is 10.6. The van der Waals surface area contributed by atoms with Crippen LogP contribution >= 0.6 is 0 Å². The Morgan fingerprint density at radius 1 is 1.00 bits per heavy atom. The Hall–Kier alpha value is -3.84. The van der Waals surface area contributed by atoms with Crippen LogP contribution in [0.3, 0.4) is 0 Å². The highest BCUT2D eigenvalue weighted by Crippen LogP contribution is 2.39. The molecule has 0 radical (unpaired) electrons. The number of nitrogens with zero attached hydrogens (tertiary/aromatic N) is 5. The zero-order valence-electron chi connectivity index (χ0n) is 18.3. The molecule has 1 atom stereocenters. The van der Waals surface area contributed by atoms with E-state index < -0.39 is 38.9 Å². The quantitative estimate of drug-likeness (QED) is 0.368. The molecule has 0 N–H and O–H groups in total. The van der Waals surface area contributed by atoms with Crippen LogP contribution in [-0.2, 0) is 23.0 Å². The number of aromatic nitrogens is 4. The van der Waals surface area contributed by atoms with Crippen molar-refractivity contribution < 1.29 is 30.7 Å². The molecule has 0 saturated heterocycles. The van der Waals surface area contributed by atoms with E-state index in [4.69, 9.17) is 0 Å². The zero-order chi connectivity index (χ0) is 25.5. The van der Waals surface area contributed by atoms with Gasteiger partial charge in [-0.25, -0.2) is 22.8 Å². The molecule has 0 amide bonds. The van der Waals surface area contributed by atoms with E-state index in [1.165, 1.54) is 18.6 Å². The Balaban J connectivity index is 1.71. The molecular weight excluding hydrogens is 502 g/mol. The first kappa shape index (κ1) is 23.9. The summed E-state index contributed by atoms with van der Waals surface area (Å²) in [6, 6.07) is 9.75. The normalized spacial score (nSPS) is 16.2. The van der Waals surface area contributed by atoms with Crippen molar-refractivity contribution in [3.8, 4) is 11.6 Å². The Kier molecular flexibility index (Phi) is 5.96. The molecule has 2 aromatic heterocycles. The number of hydrogen-bond donors (Lipinski definition) is 0. The molecule has 3 heterocycles. The fraction of sp³-hybridized carbons (Fsp3) is 0.174. The second-order valence-electron chi connectivity index (χ2n) is 7.88. The minimum atomic E-state index is -5.20. The van der Waals surface area contributed by atoms with Gasteiger partial charge in [-0.3, -0.25) is 9.55 Å². The monoisotopic (exact) mass is 519 g/mol. The van der Waals surface area contributed by atoms with Crippen LogP contribution in [0.2, 0.25) is 0 Å². The largest absolute Gasteiger partial charge is 0.573 e. The maximum Gasteiger partial charge on any atom is 0.573 e. The lowest BCUT2D eigenvalue weighted by Gasteiger charge is -2.29. The summed E-state index contributed by atoms with van der Waals surface area (Å²) in [5.41, 5.74) is 0.987. The molecule has 8 nitrogen and oxygen atoms in total. The fourth-order valence-electron chi connectivity index (χ4n) is 4.10. The number of rotatable bonds is 5. The van der Waals surface area contributed by atoms with Crippen molar-refractivity contribution in [1.29, 1.82) is 0 Å². The molecule has 1 aliphatic rings. The third-order valence-corrected chi connectivity index (χ3v) is 7.47. The molecule has 36 heavy (non-hydrogen) atoms. The van der Waals surface area contributed by atoms with E-state index in [1.54, 1.807) is 41.1 Å². The Bertz CT molecular complexity index is 1510. The van der Waals surface area contributed by atoms with E-state index in [9.17, 15) is 26.0 Å². The minimum absolute atomic E-state index is 0.121. The number of imidazole rings is 1. The predicted molar refractivity (Wildman–Crippen MR) is 118 cm³/mol. The van der Waals surface area contributed by atoms with Crippen LogP contribution in [-0.4, -0.2) is 38.6 Å². The molecule has 1 aliphatic heterocycles. The number of ether oxygens (including phenoxy) is 1. The van der Waals surface area contributed by atoms with E-state index in [2.05, 4.69) is 19.7 Å². The maximum absolute atomic E-state index is 14.2. The summed E-state index contributed by atoms with van der Waals surface area (Å²) in [6.45, 7) is -0.353. The van der Waals surface area contributed by atoms with Crippen LogP contribution in [0, 0.1) is 5.82 Å². The maximum atomic E-state index is 14.2. The smallest absolute Gasteiger partial charge is 0.404 e. The van der Waals surface area contributed by atoms with Crippen LogP contribution in [0.25, 0.3) is 5.82 Å². The summed E-state index contributed by atoms with van der Waals surface area (Å²) in [7, 11) is -4.80. The first-order valence-corrected chi connectivity index (χ1v) is 12.0. The highest BCUT2D eigenvalue weighted by molar-refractivity contribution is 7.89. The van der Waals surface area contributed by atoms with E-state index in [-0.39, 0.29) is 24.5 Å². The number of fused-ring (bicyclic) bond motifs is 3. The number of benzene rings is 2. The lowest BCUT2D eigenvalue weighted by atomic mass is 10.1. The number of sulfonamides is 1. The van der Waals surface area contributed by atoms with Gasteiger partial charge in [0.25, 0.3) is 0 Å². The van der Waals surface area contributed by atoms with Gasteiger partial charge in [0.05, 0.1) is 18.3 Å². The van der Waals surface area contributed by atoms with Crippen molar-refractivity contribution in [2.75, 3.05) is 0 Å². The molecule has 5 rings (SSSR count). The van der Waals surface area contributed by atoms with Gasteiger partial charge in [0, 0.05) is 24.8 Å². The molecule has 0 unspecified atom stereocenters. The van der Waals surface area contributed by atoms with Crippen molar-refractivity contribution in [3.63, 3.8) is 0 Å². The molecule has 0 aliphatic carbocycles. The molecule has 0 saturated carbocycles. The number of halogens is 4. The van der Waals surface area contributed by atoms with Crippen LogP contribution in [0.5, 0.6) is 5.75 Å². The highest BCUT2D eigenvalue weighted by Gasteiger charge is 2.42. The second kappa shape index (κ2) is 8.99. The Morgan fingerprint density at radius 2 is 1.75 bits per heavy atom. The van der Waals surface area contributed by atoms with Crippen molar-refractivity contribution in [2.24, 2.45) is 0 Å². The van der Waals surface area contributed by atoms with Crippen LogP contribution in [0.4, 0.5) is 17.6 Å². The van der Waals surface area contributed by atoms with Crippen LogP contribution in [0.15, 0.2) is 78.2 Å². The predicted octanol–water partition coefficient (Wildman–Crippen LogP) is 4.19. The SMILES string of the molecule is O=S(=O)(c1cc(F)ccc1OC(F)(F)F)N1Cc2nccnc2-n2ccnc2[C@H]1Cc1ccccc1. The molecular formula is C23H17F4N5O3S. The van der Waals surface area contributed by atoms with E-state index in [0.29, 0.717) is 24.0 Å². The fourth-order valence-corrected chi connectivity index (χ4v) is 5.78. The second-order valence-corrected chi connectivity index (χ2v) is 9.74. The lowest BCUT2D eigenvalue weighted by Crippen LogP contribution is -2.36. The summed E-state index contributed by atoms with van der Waals surface area (Å²) in [4.78, 5) is 11.9. The number of alkyl halides is 3. The van der Waals surface area contributed by atoms with Gasteiger partial charge in [0.2, 0.25) is 10.0 Å². The molecule has 0 bridgehead atoms. The van der Waals surface area contributed by atoms with Crippen molar-refractivity contribution in [2.45, 2.75) is 30.3 Å². The highest BCUT2D eigenvalue weighted by atomic mass is 32.2. The third kappa shape index (κ3) is 4.54. The Labute approximate surface area is 202 Å². The van der Waals surface area contributed by atoms with Crippen molar-refractivity contribution >= 4 is 10.0 Å². The van der Waals surface area contributed by atoms with Crippen LogP contribution in [0.1, 0.15) is 23.1 Å². The summed E-state index contributed by atoms with van der Waals surface area (Å²) >= 11 is 0. The van der Waals surface area contributed by atoms with Gasteiger partial charge in [0.15, 0.2) is 5.82 Å². The van der Waals surface area contributed by atoms with E-state index in [1.807, 2.05) is 0 Å². The van der Waals surface area contributed by atoms with Gasteiger partial charge in [-0.2, -0.15) is 4.31 Å². The molecule has 4 aromatic rings. The summed E-state index contributed by atoms with van der Waals surface area (Å²) in [6.07, 6.45) is 0.785. The molecule has 13 heteroatoms. The van der Waals surface area contributed by atoms with Crippen LogP contribution < -0.4 is 4.74 Å². The van der Waals surface area contributed by atoms with Gasteiger partial charge < -0.3 is 4.74 Å². The van der Waals surface area contributed by atoms with Gasteiger partial charge in [0.1, 0.15) is 22.3 Å². The minimum Gasteiger partial charge on any atom is -0.404 e. The van der Waals surface area contributed by atoms with Gasteiger partial charge >= 0.3 is 6.36 Å². The molecule has 0 fully saturated rings.